The molecular weight excluding hydrogens is 190 g/mol. The molecule has 0 amide bonds. The van der Waals surface area contributed by atoms with Crippen LogP contribution in [0.15, 0.2) is 0 Å². The molecule has 0 saturated carbocycles. The lowest BCUT2D eigenvalue weighted by atomic mass is 9.81. The van der Waals surface area contributed by atoms with Gasteiger partial charge in [0.05, 0.1) is 19.1 Å². The van der Waals surface area contributed by atoms with Gasteiger partial charge in [-0.05, 0) is 13.0 Å². The normalized spacial score (nSPS) is 26.9. The van der Waals surface area contributed by atoms with Crippen LogP contribution in [0.25, 0.3) is 0 Å². The molecule has 0 aromatic heterocycles. The van der Waals surface area contributed by atoms with Gasteiger partial charge in [-0.3, -0.25) is 4.79 Å². The molecule has 1 rings (SSSR count). The molecule has 1 saturated heterocycles. The van der Waals surface area contributed by atoms with Crippen LogP contribution in [0.5, 0.6) is 0 Å². The van der Waals surface area contributed by atoms with Gasteiger partial charge in [0, 0.05) is 11.5 Å². The zero-order chi connectivity index (χ0) is 11.5. The Morgan fingerprint density at radius 2 is 2.07 bits per heavy atom. The molecule has 15 heavy (non-hydrogen) atoms. The fourth-order valence-corrected chi connectivity index (χ4v) is 1.90. The van der Waals surface area contributed by atoms with Gasteiger partial charge in [0.15, 0.2) is 0 Å². The van der Waals surface area contributed by atoms with E-state index < -0.39 is 0 Å². The van der Waals surface area contributed by atoms with E-state index in [1.807, 2.05) is 20.8 Å². The zero-order valence-electron chi connectivity index (χ0n) is 10.3. The van der Waals surface area contributed by atoms with E-state index >= 15 is 0 Å². The Hall–Kier alpha value is -0.410. The maximum absolute atomic E-state index is 12.1. The fourth-order valence-electron chi connectivity index (χ4n) is 1.90. The minimum Gasteiger partial charge on any atom is -0.379 e. The van der Waals surface area contributed by atoms with E-state index in [1.165, 1.54) is 0 Å². The third-order valence-corrected chi connectivity index (χ3v) is 2.81. The molecule has 0 aromatic rings. The minimum absolute atomic E-state index is 0.0385. The Labute approximate surface area is 92.6 Å². The van der Waals surface area contributed by atoms with Crippen LogP contribution in [0, 0.1) is 11.3 Å². The molecule has 1 heterocycles. The second-order valence-corrected chi connectivity index (χ2v) is 5.32. The van der Waals surface area contributed by atoms with Gasteiger partial charge in [0.2, 0.25) is 0 Å². The van der Waals surface area contributed by atoms with Crippen molar-refractivity contribution in [1.82, 2.24) is 5.32 Å². The van der Waals surface area contributed by atoms with Crippen LogP contribution in [0.1, 0.15) is 34.1 Å². The van der Waals surface area contributed by atoms with Crippen molar-refractivity contribution in [1.29, 1.82) is 0 Å². The summed E-state index contributed by atoms with van der Waals surface area (Å²) >= 11 is 0. The van der Waals surface area contributed by atoms with Crippen molar-refractivity contribution < 1.29 is 9.53 Å². The summed E-state index contributed by atoms with van der Waals surface area (Å²) in [7, 11) is 0. The van der Waals surface area contributed by atoms with E-state index in [1.54, 1.807) is 0 Å². The maximum Gasteiger partial charge on any atom is 0.145 e. The van der Waals surface area contributed by atoms with E-state index in [0.717, 1.165) is 13.0 Å². The van der Waals surface area contributed by atoms with Crippen LogP contribution >= 0.6 is 0 Å². The third kappa shape index (κ3) is 3.28. The van der Waals surface area contributed by atoms with Gasteiger partial charge < -0.3 is 10.1 Å². The summed E-state index contributed by atoms with van der Waals surface area (Å²) in [4.78, 5) is 12.1. The summed E-state index contributed by atoms with van der Waals surface area (Å²) in [5.41, 5.74) is -0.259. The number of carbonyl (C=O) groups excluding carboxylic acids is 1. The highest BCUT2D eigenvalue weighted by Gasteiger charge is 2.38. The van der Waals surface area contributed by atoms with Crippen LogP contribution < -0.4 is 5.32 Å². The van der Waals surface area contributed by atoms with Gasteiger partial charge in [-0.2, -0.15) is 0 Å². The highest BCUT2D eigenvalue weighted by atomic mass is 16.5. The Kier molecular flexibility index (Phi) is 4.29. The SMILES string of the molecule is CCCNC1COCC1C(=O)C(C)(C)C. The van der Waals surface area contributed by atoms with Gasteiger partial charge in [0.1, 0.15) is 5.78 Å². The molecule has 0 bridgehead atoms. The molecule has 0 radical (unpaired) electrons. The topological polar surface area (TPSA) is 38.3 Å². The Balaban J connectivity index is 2.56. The van der Waals surface area contributed by atoms with Crippen LogP contribution in [0.3, 0.4) is 0 Å². The van der Waals surface area contributed by atoms with Crippen molar-refractivity contribution in [2.45, 2.75) is 40.2 Å². The molecule has 0 spiro atoms. The largest absolute Gasteiger partial charge is 0.379 e. The van der Waals surface area contributed by atoms with Crippen LogP contribution in [-0.2, 0) is 9.53 Å². The Bertz CT molecular complexity index is 220. The summed E-state index contributed by atoms with van der Waals surface area (Å²) in [5.74, 6) is 0.352. The molecule has 2 atom stereocenters. The predicted molar refractivity (Wildman–Crippen MR) is 60.9 cm³/mol. The van der Waals surface area contributed by atoms with E-state index in [4.69, 9.17) is 4.74 Å². The van der Waals surface area contributed by atoms with Gasteiger partial charge in [-0.15, -0.1) is 0 Å². The molecule has 0 aromatic carbocycles. The minimum atomic E-state index is -0.259. The highest BCUT2D eigenvalue weighted by molar-refractivity contribution is 5.87. The number of Topliss-reactive ketones (excluding diaryl/α,β-unsaturated/α-hetero) is 1. The number of hydrogen-bond donors (Lipinski definition) is 1. The summed E-state index contributed by atoms with van der Waals surface area (Å²) in [5, 5.41) is 3.39. The highest BCUT2D eigenvalue weighted by Crippen LogP contribution is 2.25. The summed E-state index contributed by atoms with van der Waals surface area (Å²) < 4.78 is 5.40. The first-order valence-corrected chi connectivity index (χ1v) is 5.82. The van der Waals surface area contributed by atoms with Crippen LogP contribution in [0.4, 0.5) is 0 Å². The molecule has 3 heteroatoms. The molecule has 2 unspecified atom stereocenters. The quantitative estimate of drug-likeness (QED) is 0.771. The van der Waals surface area contributed by atoms with Gasteiger partial charge >= 0.3 is 0 Å². The molecule has 1 N–H and O–H groups in total. The molecule has 1 aliphatic rings. The molecule has 3 nitrogen and oxygen atoms in total. The molecule has 1 fully saturated rings. The van der Waals surface area contributed by atoms with Crippen LogP contribution in [-0.4, -0.2) is 31.6 Å². The van der Waals surface area contributed by atoms with E-state index in [9.17, 15) is 4.79 Å². The van der Waals surface area contributed by atoms with Crippen LogP contribution in [0.2, 0.25) is 0 Å². The predicted octanol–water partition coefficient (Wildman–Crippen LogP) is 1.62. The second kappa shape index (κ2) is 5.08. The van der Waals surface area contributed by atoms with Gasteiger partial charge in [-0.1, -0.05) is 27.7 Å². The van der Waals surface area contributed by atoms with Crippen molar-refractivity contribution in [2.24, 2.45) is 11.3 Å². The Morgan fingerprint density at radius 1 is 1.40 bits per heavy atom. The molecular formula is C12H23NO2. The van der Waals surface area contributed by atoms with E-state index in [0.29, 0.717) is 19.0 Å². The first-order valence-electron chi connectivity index (χ1n) is 5.82. The lowest BCUT2D eigenvalue weighted by Crippen LogP contribution is -2.43. The van der Waals surface area contributed by atoms with E-state index in [-0.39, 0.29) is 17.4 Å². The average Bonchev–Trinajstić information content (AvgIpc) is 2.59. The number of carbonyl (C=O) groups is 1. The lowest BCUT2D eigenvalue weighted by Gasteiger charge is -2.25. The number of nitrogens with one attached hydrogen (secondary N) is 1. The number of hydrogen-bond acceptors (Lipinski definition) is 3. The van der Waals surface area contributed by atoms with Crippen molar-refractivity contribution in [3.8, 4) is 0 Å². The van der Waals surface area contributed by atoms with Crippen molar-refractivity contribution in [3.63, 3.8) is 0 Å². The monoisotopic (exact) mass is 213 g/mol. The van der Waals surface area contributed by atoms with Crippen molar-refractivity contribution in [2.75, 3.05) is 19.8 Å². The summed E-state index contributed by atoms with van der Waals surface area (Å²) in [6, 6.07) is 0.219. The summed E-state index contributed by atoms with van der Waals surface area (Å²) in [6.45, 7) is 10.3. The first-order chi connectivity index (χ1) is 6.96. The number of rotatable bonds is 4. The number of ether oxygens (including phenoxy) is 1. The second-order valence-electron chi connectivity index (χ2n) is 5.32. The van der Waals surface area contributed by atoms with Gasteiger partial charge in [0.25, 0.3) is 0 Å². The van der Waals surface area contributed by atoms with E-state index in [2.05, 4.69) is 12.2 Å². The third-order valence-electron chi connectivity index (χ3n) is 2.81. The average molecular weight is 213 g/mol. The van der Waals surface area contributed by atoms with Crippen molar-refractivity contribution in [3.05, 3.63) is 0 Å². The first kappa shape index (κ1) is 12.7. The standard InChI is InChI=1S/C12H23NO2/c1-5-6-13-10-8-15-7-9(10)11(14)12(2,3)4/h9-10,13H,5-8H2,1-4H3. The lowest BCUT2D eigenvalue weighted by molar-refractivity contribution is -0.130. The van der Waals surface area contributed by atoms with Gasteiger partial charge in [-0.25, -0.2) is 0 Å². The Morgan fingerprint density at radius 3 is 2.60 bits per heavy atom. The molecule has 1 aliphatic heterocycles. The molecule has 0 aliphatic carbocycles. The van der Waals surface area contributed by atoms with Crippen molar-refractivity contribution >= 4 is 5.78 Å². The smallest absolute Gasteiger partial charge is 0.145 e. The molecule has 88 valence electrons. The maximum atomic E-state index is 12.1. The number of ketones is 1. The zero-order valence-corrected chi connectivity index (χ0v) is 10.3. The fraction of sp³-hybridized carbons (Fsp3) is 0.917. The summed E-state index contributed by atoms with van der Waals surface area (Å²) in [6.07, 6.45) is 1.09.